The molecule has 6 heteroatoms. The van der Waals surface area contributed by atoms with Crippen molar-refractivity contribution in [1.82, 2.24) is 9.97 Å². The molecule has 3 N–H and O–H groups in total. The second-order valence-corrected chi connectivity index (χ2v) is 6.43. The number of hydrogen-bond acceptors (Lipinski definition) is 6. The van der Waals surface area contributed by atoms with E-state index in [1.807, 2.05) is 18.3 Å². The quantitative estimate of drug-likeness (QED) is 0.885. The molecule has 3 heterocycles. The van der Waals surface area contributed by atoms with Gasteiger partial charge in [-0.2, -0.15) is 0 Å². The highest BCUT2D eigenvalue weighted by molar-refractivity contribution is 5.87. The van der Waals surface area contributed by atoms with E-state index in [-0.39, 0.29) is 6.10 Å². The number of aromatic nitrogens is 2. The van der Waals surface area contributed by atoms with Crippen molar-refractivity contribution in [3.05, 3.63) is 18.3 Å². The molecule has 6 nitrogen and oxygen atoms in total. The van der Waals surface area contributed by atoms with Crippen LogP contribution in [0.5, 0.6) is 11.6 Å². The van der Waals surface area contributed by atoms with E-state index in [0.29, 0.717) is 17.8 Å². The highest BCUT2D eigenvalue weighted by Gasteiger charge is 2.31. The molecule has 0 amide bonds. The van der Waals surface area contributed by atoms with Gasteiger partial charge in [0.2, 0.25) is 5.88 Å². The summed E-state index contributed by atoms with van der Waals surface area (Å²) in [6.45, 7) is 0.810. The Labute approximate surface area is 135 Å². The zero-order chi connectivity index (χ0) is 15.8. The van der Waals surface area contributed by atoms with E-state index in [2.05, 4.69) is 15.3 Å². The van der Waals surface area contributed by atoms with Crippen LogP contribution in [-0.4, -0.2) is 35.8 Å². The van der Waals surface area contributed by atoms with Crippen molar-refractivity contribution in [1.29, 1.82) is 0 Å². The molecule has 2 aliphatic rings. The lowest BCUT2D eigenvalue weighted by Crippen LogP contribution is -2.40. The van der Waals surface area contributed by atoms with Gasteiger partial charge in [0.15, 0.2) is 5.75 Å². The minimum atomic E-state index is 0.161. The molecule has 122 valence electrons. The molecular weight excluding hydrogens is 292 g/mol. The summed E-state index contributed by atoms with van der Waals surface area (Å²) >= 11 is 0. The van der Waals surface area contributed by atoms with E-state index in [4.69, 9.17) is 15.2 Å². The van der Waals surface area contributed by atoms with Gasteiger partial charge in [-0.15, -0.1) is 0 Å². The van der Waals surface area contributed by atoms with Crippen molar-refractivity contribution < 1.29 is 9.47 Å². The fourth-order valence-corrected chi connectivity index (χ4v) is 3.57. The second kappa shape index (κ2) is 5.85. The number of ether oxygens (including phenoxy) is 2. The molecule has 1 atom stereocenters. The number of nitrogens with zero attached hydrogens (tertiary/aromatic N) is 2. The van der Waals surface area contributed by atoms with Gasteiger partial charge in [-0.1, -0.05) is 0 Å². The first-order valence-electron chi connectivity index (χ1n) is 8.24. The van der Waals surface area contributed by atoms with Crippen molar-refractivity contribution in [3.8, 4) is 11.6 Å². The lowest BCUT2D eigenvalue weighted by Gasteiger charge is -2.36. The number of nitrogens with two attached hydrogens (primary N) is 1. The highest BCUT2D eigenvalue weighted by atomic mass is 16.5. The fraction of sp³-hybridized carbons (Fsp3) is 0.529. The Bertz CT molecular complexity index is 708. The molecule has 2 aromatic heterocycles. The van der Waals surface area contributed by atoms with Crippen LogP contribution in [0.4, 0.5) is 5.69 Å². The summed E-state index contributed by atoms with van der Waals surface area (Å²) in [5, 5.41) is 3.45. The van der Waals surface area contributed by atoms with E-state index in [1.54, 1.807) is 7.11 Å². The van der Waals surface area contributed by atoms with E-state index >= 15 is 0 Å². The number of rotatable bonds is 2. The van der Waals surface area contributed by atoms with Crippen LogP contribution in [0.15, 0.2) is 18.3 Å². The Balaban J connectivity index is 1.65. The number of nitrogens with one attached hydrogen (secondary N) is 1. The Morgan fingerprint density at radius 2 is 2.09 bits per heavy atom. The molecule has 1 fully saturated rings. The first kappa shape index (κ1) is 14.5. The summed E-state index contributed by atoms with van der Waals surface area (Å²) in [4.78, 5) is 8.97. The maximum Gasteiger partial charge on any atom is 0.213 e. The molecule has 0 saturated heterocycles. The average molecular weight is 314 g/mol. The molecule has 0 radical (unpaired) electrons. The largest absolute Gasteiger partial charge is 0.484 e. The third-order valence-electron chi connectivity index (χ3n) is 4.96. The maximum absolute atomic E-state index is 6.36. The monoisotopic (exact) mass is 314 g/mol. The minimum Gasteiger partial charge on any atom is -0.484 e. The Morgan fingerprint density at radius 3 is 2.87 bits per heavy atom. The van der Waals surface area contributed by atoms with Crippen LogP contribution < -0.4 is 20.5 Å². The summed E-state index contributed by atoms with van der Waals surface area (Å²) in [5.41, 5.74) is 8.50. The van der Waals surface area contributed by atoms with Crippen LogP contribution in [0, 0.1) is 5.92 Å². The molecular formula is C17H22N4O2. The van der Waals surface area contributed by atoms with Crippen molar-refractivity contribution in [2.75, 3.05) is 19.0 Å². The molecule has 0 bridgehead atoms. The van der Waals surface area contributed by atoms with E-state index in [1.165, 1.54) is 0 Å². The van der Waals surface area contributed by atoms with Crippen LogP contribution in [-0.2, 0) is 0 Å². The normalized spacial score (nSPS) is 27.0. The van der Waals surface area contributed by atoms with Gasteiger partial charge in [0.05, 0.1) is 31.1 Å². The third kappa shape index (κ3) is 2.67. The van der Waals surface area contributed by atoms with Gasteiger partial charge in [0, 0.05) is 12.1 Å². The molecule has 0 spiro atoms. The molecule has 1 aliphatic carbocycles. The number of methoxy groups -OCH3 is 1. The fourth-order valence-electron chi connectivity index (χ4n) is 3.57. The van der Waals surface area contributed by atoms with E-state index in [9.17, 15) is 0 Å². The van der Waals surface area contributed by atoms with Crippen molar-refractivity contribution in [3.63, 3.8) is 0 Å². The van der Waals surface area contributed by atoms with Gasteiger partial charge in [-0.25, -0.2) is 4.98 Å². The topological polar surface area (TPSA) is 82.3 Å². The van der Waals surface area contributed by atoms with Crippen LogP contribution in [0.3, 0.4) is 0 Å². The van der Waals surface area contributed by atoms with E-state index in [0.717, 1.165) is 54.7 Å². The summed E-state index contributed by atoms with van der Waals surface area (Å²) in [6, 6.07) is 4.08. The van der Waals surface area contributed by atoms with Crippen LogP contribution in [0.25, 0.3) is 11.0 Å². The van der Waals surface area contributed by atoms with Gasteiger partial charge in [0.1, 0.15) is 11.6 Å². The minimum absolute atomic E-state index is 0.161. The van der Waals surface area contributed by atoms with Crippen LogP contribution in [0.2, 0.25) is 0 Å². The Kier molecular flexibility index (Phi) is 3.69. The van der Waals surface area contributed by atoms with E-state index < -0.39 is 0 Å². The highest BCUT2D eigenvalue weighted by Crippen LogP contribution is 2.38. The number of anilines is 1. The Morgan fingerprint density at radius 1 is 1.26 bits per heavy atom. The molecule has 1 saturated carbocycles. The van der Waals surface area contributed by atoms with Gasteiger partial charge in [0.25, 0.3) is 0 Å². The van der Waals surface area contributed by atoms with Crippen molar-refractivity contribution in [2.24, 2.45) is 11.7 Å². The first-order valence-corrected chi connectivity index (χ1v) is 8.24. The van der Waals surface area contributed by atoms with Crippen molar-refractivity contribution >= 4 is 16.7 Å². The maximum atomic E-state index is 6.36. The zero-order valence-electron chi connectivity index (χ0n) is 13.3. The molecule has 1 unspecified atom stereocenters. The van der Waals surface area contributed by atoms with Crippen LogP contribution in [0.1, 0.15) is 25.7 Å². The predicted octanol–water partition coefficient (Wildman–Crippen LogP) is 2.33. The smallest absolute Gasteiger partial charge is 0.213 e. The second-order valence-electron chi connectivity index (χ2n) is 6.43. The predicted molar refractivity (Wildman–Crippen MR) is 88.9 cm³/mol. The van der Waals surface area contributed by atoms with Gasteiger partial charge in [-0.3, -0.25) is 4.98 Å². The molecule has 4 rings (SSSR count). The average Bonchev–Trinajstić information content (AvgIpc) is 2.61. The van der Waals surface area contributed by atoms with Gasteiger partial charge >= 0.3 is 0 Å². The molecule has 2 aromatic rings. The summed E-state index contributed by atoms with van der Waals surface area (Å²) in [6.07, 6.45) is 6.40. The number of pyridine rings is 2. The molecule has 1 aliphatic heterocycles. The number of hydrogen-bond donors (Lipinski definition) is 2. The molecule has 23 heavy (non-hydrogen) atoms. The zero-order valence-corrected chi connectivity index (χ0v) is 13.3. The van der Waals surface area contributed by atoms with Gasteiger partial charge < -0.3 is 20.5 Å². The Hall–Kier alpha value is -2.08. The summed E-state index contributed by atoms with van der Waals surface area (Å²) in [5.74, 6) is 1.91. The summed E-state index contributed by atoms with van der Waals surface area (Å²) < 4.78 is 11.6. The lowest BCUT2D eigenvalue weighted by atomic mass is 9.82. The number of fused-ring (bicyclic) bond motifs is 3. The lowest BCUT2D eigenvalue weighted by molar-refractivity contribution is 0.109. The summed E-state index contributed by atoms with van der Waals surface area (Å²) in [7, 11) is 1.62. The first-order chi connectivity index (χ1) is 11.2. The SMILES string of the molecule is COc1ccc2ncc3c(c2n1)OC(C1CCC(N)CC1)CN3. The molecule has 0 aromatic carbocycles. The standard InChI is InChI=1S/C17H22N4O2/c1-22-15-7-6-12-16(21-15)17-13(8-19-12)20-9-14(23-17)10-2-4-11(18)5-3-10/h6-8,10-11,14,20H,2-5,9,18H2,1H3. The van der Waals surface area contributed by atoms with Gasteiger partial charge in [-0.05, 0) is 37.7 Å². The van der Waals surface area contributed by atoms with Crippen molar-refractivity contribution in [2.45, 2.75) is 37.8 Å². The van der Waals surface area contributed by atoms with Crippen LogP contribution >= 0.6 is 0 Å². The third-order valence-corrected chi connectivity index (χ3v) is 4.96.